The molecule has 0 N–H and O–H groups in total. The SMILES string of the molecule is C/[N+]([O-])=C/c1sc(SCCC=C(F)F)nc1C1CC1. The summed E-state index contributed by atoms with van der Waals surface area (Å²) in [5, 5.41) is 11.1. The van der Waals surface area contributed by atoms with E-state index in [0.717, 1.165) is 38.6 Å². The van der Waals surface area contributed by atoms with E-state index < -0.39 is 6.08 Å². The van der Waals surface area contributed by atoms with Crippen molar-refractivity contribution in [3.05, 3.63) is 27.9 Å². The third-order valence-electron chi connectivity index (χ3n) is 2.57. The van der Waals surface area contributed by atoms with Crippen LogP contribution < -0.4 is 0 Å². The van der Waals surface area contributed by atoms with Crippen LogP contribution in [0.25, 0.3) is 0 Å². The Morgan fingerprint density at radius 1 is 1.58 bits per heavy atom. The molecule has 0 radical (unpaired) electrons. The molecule has 1 heterocycles. The Morgan fingerprint density at radius 3 is 2.89 bits per heavy atom. The van der Waals surface area contributed by atoms with Crippen molar-refractivity contribution in [1.29, 1.82) is 0 Å². The van der Waals surface area contributed by atoms with Gasteiger partial charge in [-0.25, -0.2) is 9.72 Å². The molecule has 0 aromatic carbocycles. The fourth-order valence-electron chi connectivity index (χ4n) is 1.61. The summed E-state index contributed by atoms with van der Waals surface area (Å²) in [5.41, 5.74) is 0.988. The van der Waals surface area contributed by atoms with Gasteiger partial charge in [0.05, 0.1) is 5.69 Å². The van der Waals surface area contributed by atoms with E-state index in [1.165, 1.54) is 36.4 Å². The zero-order chi connectivity index (χ0) is 13.8. The van der Waals surface area contributed by atoms with Crippen molar-refractivity contribution in [3.8, 4) is 0 Å². The largest absolute Gasteiger partial charge is 0.624 e. The predicted molar refractivity (Wildman–Crippen MR) is 74.4 cm³/mol. The number of hydrogen-bond acceptors (Lipinski definition) is 4. The lowest BCUT2D eigenvalue weighted by Gasteiger charge is -1.94. The normalized spacial score (nSPS) is 15.6. The summed E-state index contributed by atoms with van der Waals surface area (Å²) < 4.78 is 25.4. The van der Waals surface area contributed by atoms with Crippen LogP contribution in [0.4, 0.5) is 8.78 Å². The van der Waals surface area contributed by atoms with Gasteiger partial charge in [0.1, 0.15) is 11.9 Å². The minimum atomic E-state index is -1.64. The van der Waals surface area contributed by atoms with Gasteiger partial charge in [-0.05, 0) is 25.3 Å². The Balaban J connectivity index is 2.01. The molecular weight excluding hydrogens is 290 g/mol. The van der Waals surface area contributed by atoms with E-state index in [9.17, 15) is 14.0 Å². The summed E-state index contributed by atoms with van der Waals surface area (Å²) in [6, 6.07) is 0. The molecule has 0 saturated heterocycles. The van der Waals surface area contributed by atoms with Gasteiger partial charge in [-0.2, -0.15) is 8.78 Å². The zero-order valence-electron chi connectivity index (χ0n) is 10.4. The lowest BCUT2D eigenvalue weighted by atomic mass is 10.3. The average molecular weight is 304 g/mol. The van der Waals surface area contributed by atoms with E-state index in [1.54, 1.807) is 0 Å². The van der Waals surface area contributed by atoms with E-state index in [2.05, 4.69) is 4.98 Å². The number of halogens is 2. The van der Waals surface area contributed by atoms with Crippen LogP contribution in [0.15, 0.2) is 16.5 Å². The van der Waals surface area contributed by atoms with E-state index >= 15 is 0 Å². The monoisotopic (exact) mass is 304 g/mol. The fraction of sp³-hybridized carbons (Fsp3) is 0.500. The smallest absolute Gasteiger partial charge is 0.266 e. The maximum atomic E-state index is 11.9. The molecule has 1 fully saturated rings. The van der Waals surface area contributed by atoms with Crippen molar-refractivity contribution in [2.75, 3.05) is 12.8 Å². The van der Waals surface area contributed by atoms with Gasteiger partial charge >= 0.3 is 0 Å². The van der Waals surface area contributed by atoms with Crippen LogP contribution in [0.2, 0.25) is 0 Å². The standard InChI is InChI=1S/C12H14F2N2OS2/c1-16(17)7-9-11(8-4-5-8)15-12(19-9)18-6-2-3-10(13)14/h3,7-8H,2,4-6H2,1H3/b16-7-. The first-order valence-electron chi connectivity index (χ1n) is 5.95. The number of hydroxylamine groups is 1. The molecule has 3 nitrogen and oxygen atoms in total. The highest BCUT2D eigenvalue weighted by atomic mass is 32.2. The highest BCUT2D eigenvalue weighted by Crippen LogP contribution is 2.43. The Morgan fingerprint density at radius 2 is 2.32 bits per heavy atom. The summed E-state index contributed by atoms with van der Waals surface area (Å²) in [4.78, 5) is 5.42. The number of allylic oxidation sites excluding steroid dienone is 1. The number of hydrogen-bond donors (Lipinski definition) is 0. The molecule has 0 spiro atoms. The maximum absolute atomic E-state index is 11.9. The summed E-state index contributed by atoms with van der Waals surface area (Å²) >= 11 is 2.92. The number of nitrogens with zero attached hydrogens (tertiary/aromatic N) is 2. The predicted octanol–water partition coefficient (Wildman–Crippen LogP) is 3.84. The first kappa shape index (κ1) is 14.5. The van der Waals surface area contributed by atoms with Gasteiger partial charge in [-0.15, -0.1) is 11.3 Å². The molecule has 0 bridgehead atoms. The van der Waals surface area contributed by atoms with Gasteiger partial charge < -0.3 is 5.21 Å². The highest BCUT2D eigenvalue weighted by molar-refractivity contribution is 8.01. The number of thiazole rings is 1. The first-order chi connectivity index (χ1) is 9.06. The highest BCUT2D eigenvalue weighted by Gasteiger charge is 2.30. The van der Waals surface area contributed by atoms with Crippen molar-refractivity contribution in [1.82, 2.24) is 4.98 Å². The van der Waals surface area contributed by atoms with Crippen LogP contribution in [0, 0.1) is 5.21 Å². The third kappa shape index (κ3) is 4.58. The van der Waals surface area contributed by atoms with Gasteiger partial charge in [0.25, 0.3) is 6.08 Å². The van der Waals surface area contributed by atoms with Crippen LogP contribution >= 0.6 is 23.1 Å². The first-order valence-corrected chi connectivity index (χ1v) is 7.76. The summed E-state index contributed by atoms with van der Waals surface area (Å²) in [5.74, 6) is 1.04. The minimum absolute atomic E-state index is 0.325. The second-order valence-corrected chi connectivity index (χ2v) is 6.68. The van der Waals surface area contributed by atoms with Crippen LogP contribution in [0.5, 0.6) is 0 Å². The topological polar surface area (TPSA) is 39.0 Å². The van der Waals surface area contributed by atoms with Crippen LogP contribution in [-0.2, 0) is 0 Å². The molecular formula is C12H14F2N2OS2. The molecule has 1 aromatic rings. The van der Waals surface area contributed by atoms with E-state index in [0.29, 0.717) is 18.1 Å². The molecule has 0 unspecified atom stereocenters. The van der Waals surface area contributed by atoms with Gasteiger partial charge in [0.15, 0.2) is 10.6 Å². The van der Waals surface area contributed by atoms with Gasteiger partial charge in [0.2, 0.25) is 0 Å². The number of rotatable bonds is 6. The lowest BCUT2D eigenvalue weighted by Crippen LogP contribution is -1.98. The molecule has 19 heavy (non-hydrogen) atoms. The molecule has 0 aliphatic heterocycles. The molecule has 104 valence electrons. The van der Waals surface area contributed by atoms with Crippen molar-refractivity contribution >= 4 is 29.3 Å². The van der Waals surface area contributed by atoms with Crippen LogP contribution in [0.3, 0.4) is 0 Å². The van der Waals surface area contributed by atoms with Crippen LogP contribution in [0.1, 0.15) is 35.8 Å². The lowest BCUT2D eigenvalue weighted by molar-refractivity contribution is -0.416. The van der Waals surface area contributed by atoms with Crippen molar-refractivity contribution < 1.29 is 13.5 Å². The number of thioether (sulfide) groups is 1. The quantitative estimate of drug-likeness (QED) is 0.200. The molecule has 1 saturated carbocycles. The third-order valence-corrected chi connectivity index (χ3v) is 4.75. The maximum Gasteiger partial charge on any atom is 0.266 e. The van der Waals surface area contributed by atoms with Crippen LogP contribution in [-0.4, -0.2) is 28.7 Å². The van der Waals surface area contributed by atoms with E-state index in [-0.39, 0.29) is 0 Å². The Labute approximate surface area is 118 Å². The average Bonchev–Trinajstić information content (AvgIpc) is 3.08. The zero-order valence-corrected chi connectivity index (χ0v) is 12.1. The van der Waals surface area contributed by atoms with Gasteiger partial charge in [-0.3, -0.25) is 0 Å². The fourth-order valence-corrected chi connectivity index (χ4v) is 3.78. The second kappa shape index (κ2) is 6.47. The molecule has 1 aromatic heterocycles. The Kier molecular flexibility index (Phi) is 4.93. The molecule has 2 rings (SSSR count). The molecule has 0 amide bonds. The summed E-state index contributed by atoms with van der Waals surface area (Å²) in [6.45, 7) is 0. The second-order valence-electron chi connectivity index (χ2n) is 4.31. The van der Waals surface area contributed by atoms with Crippen molar-refractivity contribution in [2.24, 2.45) is 0 Å². The van der Waals surface area contributed by atoms with Crippen molar-refractivity contribution in [3.63, 3.8) is 0 Å². The summed E-state index contributed by atoms with van der Waals surface area (Å²) in [7, 11) is 1.44. The summed E-state index contributed by atoms with van der Waals surface area (Å²) in [6.07, 6.45) is 3.38. The van der Waals surface area contributed by atoms with Gasteiger partial charge in [-0.1, -0.05) is 11.8 Å². The molecule has 1 aliphatic rings. The van der Waals surface area contributed by atoms with Crippen molar-refractivity contribution in [2.45, 2.75) is 29.5 Å². The van der Waals surface area contributed by atoms with Gasteiger partial charge in [0, 0.05) is 11.7 Å². The minimum Gasteiger partial charge on any atom is -0.624 e. The molecule has 1 aliphatic carbocycles. The Bertz CT molecular complexity index is 502. The van der Waals surface area contributed by atoms with E-state index in [1.807, 2.05) is 0 Å². The Hall–Kier alpha value is -0.950. The van der Waals surface area contributed by atoms with E-state index in [4.69, 9.17) is 0 Å². The molecule has 7 heteroatoms. The number of aromatic nitrogens is 1. The molecule has 0 atom stereocenters.